The first kappa shape index (κ1) is 5.96. The third kappa shape index (κ3) is 1.41. The zero-order valence-corrected chi connectivity index (χ0v) is 5.73. The maximum atomic E-state index is 5.82. The minimum absolute atomic E-state index is 0.324. The fourth-order valence-electron chi connectivity index (χ4n) is 0.836. The van der Waals surface area contributed by atoms with E-state index < -0.39 is 0 Å². The fraction of sp³-hybridized carbons (Fsp3) is 0.667. The fourth-order valence-corrected chi connectivity index (χ4v) is 1.16. The van der Waals surface area contributed by atoms with E-state index in [9.17, 15) is 0 Å². The molecule has 0 aromatic heterocycles. The predicted octanol–water partition coefficient (Wildman–Crippen LogP) is 1.44. The summed E-state index contributed by atoms with van der Waals surface area (Å²) in [5.74, 6) is 0. The summed E-state index contributed by atoms with van der Waals surface area (Å²) >= 11 is 5.82. The minimum atomic E-state index is 0.324. The SMILES string of the molecule is CN1C=CCC(Cl)C1. The molecule has 0 N–H and O–H groups in total. The number of halogens is 1. The highest BCUT2D eigenvalue weighted by molar-refractivity contribution is 6.20. The van der Waals surface area contributed by atoms with Crippen molar-refractivity contribution in [3.05, 3.63) is 12.3 Å². The van der Waals surface area contributed by atoms with Crippen LogP contribution in [0.3, 0.4) is 0 Å². The molecule has 0 bridgehead atoms. The van der Waals surface area contributed by atoms with E-state index in [4.69, 9.17) is 11.6 Å². The van der Waals surface area contributed by atoms with Crippen molar-refractivity contribution in [2.45, 2.75) is 11.8 Å². The Bertz CT molecular complexity index is 101. The summed E-state index contributed by atoms with van der Waals surface area (Å²) in [6.45, 7) is 0.984. The smallest absolute Gasteiger partial charge is 0.0545 e. The van der Waals surface area contributed by atoms with Gasteiger partial charge in [-0.05, 0) is 12.6 Å². The van der Waals surface area contributed by atoms with E-state index in [1.165, 1.54) is 0 Å². The van der Waals surface area contributed by atoms with Gasteiger partial charge in [-0.2, -0.15) is 0 Å². The predicted molar refractivity (Wildman–Crippen MR) is 36.0 cm³/mol. The van der Waals surface area contributed by atoms with Crippen molar-refractivity contribution in [3.8, 4) is 0 Å². The number of rotatable bonds is 0. The molecule has 0 aromatic carbocycles. The van der Waals surface area contributed by atoms with Gasteiger partial charge in [-0.25, -0.2) is 0 Å². The molecular weight excluding hydrogens is 122 g/mol. The largest absolute Gasteiger partial charge is 0.379 e. The first-order valence-electron chi connectivity index (χ1n) is 2.80. The van der Waals surface area contributed by atoms with E-state index in [0.29, 0.717) is 5.38 Å². The molecule has 46 valence electrons. The topological polar surface area (TPSA) is 3.24 Å². The molecule has 0 aromatic rings. The van der Waals surface area contributed by atoms with Crippen molar-refractivity contribution in [2.24, 2.45) is 0 Å². The number of allylic oxidation sites excluding steroid dienone is 1. The molecule has 0 amide bonds. The van der Waals surface area contributed by atoms with Crippen molar-refractivity contribution in [3.63, 3.8) is 0 Å². The molecule has 0 fully saturated rings. The molecule has 1 nitrogen and oxygen atoms in total. The zero-order valence-electron chi connectivity index (χ0n) is 4.97. The lowest BCUT2D eigenvalue weighted by Gasteiger charge is -2.21. The zero-order chi connectivity index (χ0) is 5.98. The van der Waals surface area contributed by atoms with Crippen LogP contribution in [0.2, 0.25) is 0 Å². The summed E-state index contributed by atoms with van der Waals surface area (Å²) in [7, 11) is 2.03. The van der Waals surface area contributed by atoms with Gasteiger partial charge in [0.05, 0.1) is 5.38 Å². The summed E-state index contributed by atoms with van der Waals surface area (Å²) in [5, 5.41) is 0.324. The molecule has 0 radical (unpaired) electrons. The van der Waals surface area contributed by atoms with Gasteiger partial charge in [0.25, 0.3) is 0 Å². The van der Waals surface area contributed by atoms with Gasteiger partial charge < -0.3 is 4.90 Å². The third-order valence-corrected chi connectivity index (χ3v) is 1.55. The molecule has 1 heterocycles. The van der Waals surface area contributed by atoms with Crippen molar-refractivity contribution in [2.75, 3.05) is 13.6 Å². The van der Waals surface area contributed by atoms with Gasteiger partial charge in [0.2, 0.25) is 0 Å². The highest BCUT2D eigenvalue weighted by Gasteiger charge is 2.07. The summed E-state index contributed by atoms with van der Waals surface area (Å²) in [6.07, 6.45) is 5.19. The average Bonchev–Trinajstić information content (AvgIpc) is 1.64. The van der Waals surface area contributed by atoms with Crippen molar-refractivity contribution < 1.29 is 0 Å². The molecule has 8 heavy (non-hydrogen) atoms. The maximum absolute atomic E-state index is 5.82. The summed E-state index contributed by atoms with van der Waals surface area (Å²) in [6, 6.07) is 0. The molecule has 0 spiro atoms. The van der Waals surface area contributed by atoms with Gasteiger partial charge in [0.1, 0.15) is 0 Å². The molecule has 0 saturated carbocycles. The average molecular weight is 132 g/mol. The Morgan fingerprint density at radius 1 is 1.75 bits per heavy atom. The molecule has 1 atom stereocenters. The van der Waals surface area contributed by atoms with E-state index in [0.717, 1.165) is 13.0 Å². The second-order valence-electron chi connectivity index (χ2n) is 2.16. The second-order valence-corrected chi connectivity index (χ2v) is 2.77. The highest BCUT2D eigenvalue weighted by atomic mass is 35.5. The van der Waals surface area contributed by atoms with E-state index >= 15 is 0 Å². The van der Waals surface area contributed by atoms with Crippen LogP contribution >= 0.6 is 11.6 Å². The normalized spacial score (nSPS) is 28.8. The lowest BCUT2D eigenvalue weighted by Crippen LogP contribution is -2.24. The van der Waals surface area contributed by atoms with Crippen LogP contribution in [0.15, 0.2) is 12.3 Å². The van der Waals surface area contributed by atoms with Crippen molar-refractivity contribution in [1.29, 1.82) is 0 Å². The number of nitrogens with zero attached hydrogens (tertiary/aromatic N) is 1. The van der Waals surface area contributed by atoms with Gasteiger partial charge in [-0.15, -0.1) is 11.6 Å². The lowest BCUT2D eigenvalue weighted by molar-refractivity contribution is 0.430. The van der Waals surface area contributed by atoms with Crippen LogP contribution in [-0.2, 0) is 0 Å². The van der Waals surface area contributed by atoms with Gasteiger partial charge in [-0.3, -0.25) is 0 Å². The monoisotopic (exact) mass is 131 g/mol. The molecule has 1 unspecified atom stereocenters. The van der Waals surface area contributed by atoms with Crippen LogP contribution in [0.4, 0.5) is 0 Å². The first-order chi connectivity index (χ1) is 3.79. The standard InChI is InChI=1S/C6H10ClN/c1-8-4-2-3-6(7)5-8/h2,4,6H,3,5H2,1H3. The summed E-state index contributed by atoms with van der Waals surface area (Å²) in [5.41, 5.74) is 0. The number of alkyl halides is 1. The Morgan fingerprint density at radius 2 is 2.50 bits per heavy atom. The molecule has 1 aliphatic rings. The van der Waals surface area contributed by atoms with Crippen LogP contribution in [0.25, 0.3) is 0 Å². The quantitative estimate of drug-likeness (QED) is 0.450. The maximum Gasteiger partial charge on any atom is 0.0545 e. The van der Waals surface area contributed by atoms with Gasteiger partial charge in [0.15, 0.2) is 0 Å². The van der Waals surface area contributed by atoms with Crippen LogP contribution in [0, 0.1) is 0 Å². The summed E-state index contributed by atoms with van der Waals surface area (Å²) in [4.78, 5) is 2.10. The van der Waals surface area contributed by atoms with Gasteiger partial charge in [0, 0.05) is 13.6 Å². The van der Waals surface area contributed by atoms with Crippen LogP contribution in [0.1, 0.15) is 6.42 Å². The second kappa shape index (κ2) is 2.40. The molecular formula is C6H10ClN. The van der Waals surface area contributed by atoms with Crippen LogP contribution in [-0.4, -0.2) is 23.9 Å². The molecule has 0 saturated heterocycles. The first-order valence-corrected chi connectivity index (χ1v) is 3.23. The molecule has 2 heteroatoms. The van der Waals surface area contributed by atoms with E-state index in [2.05, 4.69) is 17.2 Å². The highest BCUT2D eigenvalue weighted by Crippen LogP contribution is 2.09. The molecule has 1 rings (SSSR count). The van der Waals surface area contributed by atoms with Crippen LogP contribution in [0.5, 0.6) is 0 Å². The Balaban J connectivity index is 2.42. The van der Waals surface area contributed by atoms with E-state index in [1.807, 2.05) is 7.05 Å². The number of hydrogen-bond donors (Lipinski definition) is 0. The van der Waals surface area contributed by atoms with E-state index in [1.54, 1.807) is 0 Å². The summed E-state index contributed by atoms with van der Waals surface area (Å²) < 4.78 is 0. The molecule has 1 aliphatic heterocycles. The van der Waals surface area contributed by atoms with Gasteiger partial charge >= 0.3 is 0 Å². The van der Waals surface area contributed by atoms with Crippen molar-refractivity contribution in [1.82, 2.24) is 4.90 Å². The number of hydrogen-bond acceptors (Lipinski definition) is 1. The van der Waals surface area contributed by atoms with Crippen LogP contribution < -0.4 is 0 Å². The third-order valence-electron chi connectivity index (χ3n) is 1.24. The van der Waals surface area contributed by atoms with Crippen molar-refractivity contribution >= 4 is 11.6 Å². The lowest BCUT2D eigenvalue weighted by atomic mass is 10.2. The Labute approximate surface area is 54.9 Å². The van der Waals surface area contributed by atoms with Gasteiger partial charge in [-0.1, -0.05) is 6.08 Å². The Hall–Kier alpha value is -0.170. The Kier molecular flexibility index (Phi) is 1.79. The Morgan fingerprint density at radius 3 is 2.88 bits per heavy atom. The molecule has 0 aliphatic carbocycles. The minimum Gasteiger partial charge on any atom is -0.379 e. The van der Waals surface area contributed by atoms with E-state index in [-0.39, 0.29) is 0 Å².